The number of hydrogen-bond donors (Lipinski definition) is 2. The van der Waals surface area contributed by atoms with E-state index < -0.39 is 0 Å². The van der Waals surface area contributed by atoms with Crippen molar-refractivity contribution in [2.75, 3.05) is 0 Å². The van der Waals surface area contributed by atoms with Gasteiger partial charge in [0.25, 0.3) is 0 Å². The highest BCUT2D eigenvalue weighted by Gasteiger charge is 2.38. The molecule has 3 aliphatic rings. The van der Waals surface area contributed by atoms with Gasteiger partial charge in [0.05, 0.1) is 0 Å². The Labute approximate surface area is 166 Å². The third kappa shape index (κ3) is 4.34. The minimum Gasteiger partial charge on any atom is -0.393 e. The Hall–Kier alpha value is -1.48. The Bertz CT molecular complexity index is 713. The number of benzene rings is 1. The molecule has 1 fully saturated rings. The van der Waals surface area contributed by atoms with E-state index in [0.717, 1.165) is 12.7 Å². The van der Waals surface area contributed by atoms with Crippen molar-refractivity contribution in [1.29, 1.82) is 0 Å². The van der Waals surface area contributed by atoms with Crippen molar-refractivity contribution in [3.8, 4) is 0 Å². The molecule has 1 unspecified atom stereocenters. The van der Waals surface area contributed by atoms with Crippen molar-refractivity contribution in [1.82, 2.24) is 5.32 Å². The van der Waals surface area contributed by atoms with Crippen LogP contribution in [0.25, 0.3) is 5.57 Å². The largest absolute Gasteiger partial charge is 0.393 e. The van der Waals surface area contributed by atoms with Crippen molar-refractivity contribution in [2.45, 2.75) is 84.5 Å². The van der Waals surface area contributed by atoms with E-state index in [2.05, 4.69) is 49.9 Å². The van der Waals surface area contributed by atoms with Gasteiger partial charge in [-0.15, -0.1) is 0 Å². The Kier molecular flexibility index (Phi) is 6.20. The number of nitrogens with two attached hydrogens (primary N) is 1. The predicted molar refractivity (Wildman–Crippen MR) is 120 cm³/mol. The number of allylic oxidation sites excluding steroid dienone is 2. The normalized spacial score (nSPS) is 28.9. The highest BCUT2D eigenvalue weighted by Crippen LogP contribution is 2.41. The van der Waals surface area contributed by atoms with Crippen molar-refractivity contribution in [3.63, 3.8) is 0 Å². The molecule has 0 aromatic heterocycles. The molecule has 0 saturated heterocycles. The third-order valence-corrected chi connectivity index (χ3v) is 6.77. The van der Waals surface area contributed by atoms with Gasteiger partial charge in [-0.05, 0) is 79.6 Å². The fraction of sp³-hybridized carbons (Fsp3) is 0.583. The number of rotatable bonds is 3. The standard InChI is InChI=1S/C22H31BN2.C2H6/c1-15(2)19-6-4-5-16-11-21-23(14-20(16)19)13-18(25-21)12-22(3)9-7-17(24)8-10-22;1-2/h4-6,13,17,21,25H,1,7-12,14,24H2,2-3H3;1-2H3. The second-order valence-corrected chi connectivity index (χ2v) is 9.06. The van der Waals surface area contributed by atoms with Gasteiger partial charge in [-0.3, -0.25) is 0 Å². The van der Waals surface area contributed by atoms with Gasteiger partial charge in [0.2, 0.25) is 0 Å². The van der Waals surface area contributed by atoms with Gasteiger partial charge >= 0.3 is 0 Å². The van der Waals surface area contributed by atoms with Crippen LogP contribution in [0.5, 0.6) is 0 Å². The Morgan fingerprint density at radius 1 is 1.30 bits per heavy atom. The lowest BCUT2D eigenvalue weighted by molar-refractivity contribution is 0.195. The molecule has 3 heteroatoms. The number of fused-ring (bicyclic) bond motifs is 2. The summed E-state index contributed by atoms with van der Waals surface area (Å²) in [5.41, 5.74) is 13.6. The third-order valence-electron chi connectivity index (χ3n) is 6.77. The summed E-state index contributed by atoms with van der Waals surface area (Å²) < 4.78 is 0. The highest BCUT2D eigenvalue weighted by atomic mass is 14.9. The minimum absolute atomic E-state index is 0.427. The lowest BCUT2D eigenvalue weighted by Crippen LogP contribution is -2.43. The molecule has 27 heavy (non-hydrogen) atoms. The first-order valence-electron chi connectivity index (χ1n) is 10.9. The lowest BCUT2D eigenvalue weighted by Gasteiger charge is -2.37. The first-order chi connectivity index (χ1) is 12.9. The van der Waals surface area contributed by atoms with Crippen LogP contribution in [-0.2, 0) is 12.7 Å². The van der Waals surface area contributed by atoms with E-state index in [0.29, 0.717) is 24.1 Å². The molecule has 1 atom stereocenters. The van der Waals surface area contributed by atoms with Gasteiger partial charge in [-0.1, -0.05) is 57.1 Å². The molecule has 1 aromatic rings. The summed E-state index contributed by atoms with van der Waals surface area (Å²) in [7, 11) is 0. The monoisotopic (exact) mass is 364 g/mol. The van der Waals surface area contributed by atoms with Crippen LogP contribution in [0.2, 0.25) is 0 Å². The maximum absolute atomic E-state index is 6.11. The van der Waals surface area contributed by atoms with E-state index in [9.17, 15) is 0 Å². The highest BCUT2D eigenvalue weighted by molar-refractivity contribution is 6.67. The number of hydrogen-bond acceptors (Lipinski definition) is 2. The quantitative estimate of drug-likeness (QED) is 0.732. The van der Waals surface area contributed by atoms with Gasteiger partial charge in [-0.25, -0.2) is 0 Å². The maximum Gasteiger partial charge on any atom is 0.199 e. The molecule has 4 rings (SSSR count). The van der Waals surface area contributed by atoms with Gasteiger partial charge in [0.15, 0.2) is 6.71 Å². The zero-order valence-corrected chi connectivity index (χ0v) is 17.8. The van der Waals surface area contributed by atoms with Crippen LogP contribution in [0.3, 0.4) is 0 Å². The molecular formula is C24H37BN2. The molecule has 2 aliphatic heterocycles. The van der Waals surface area contributed by atoms with E-state index in [1.165, 1.54) is 60.1 Å². The van der Waals surface area contributed by atoms with Crippen molar-refractivity contribution in [3.05, 3.63) is 53.1 Å². The molecule has 3 N–H and O–H groups in total. The van der Waals surface area contributed by atoms with Gasteiger partial charge in [0.1, 0.15) is 0 Å². The Morgan fingerprint density at radius 2 is 2.00 bits per heavy atom. The topological polar surface area (TPSA) is 38.0 Å². The predicted octanol–water partition coefficient (Wildman–Crippen LogP) is 5.11. The first-order valence-corrected chi connectivity index (χ1v) is 10.9. The summed E-state index contributed by atoms with van der Waals surface area (Å²) in [6.45, 7) is 13.4. The van der Waals surface area contributed by atoms with Crippen LogP contribution in [0.4, 0.5) is 0 Å². The molecule has 0 spiro atoms. The fourth-order valence-corrected chi connectivity index (χ4v) is 5.19. The van der Waals surface area contributed by atoms with E-state index in [1.807, 2.05) is 13.8 Å². The smallest absolute Gasteiger partial charge is 0.199 e. The second-order valence-electron chi connectivity index (χ2n) is 9.06. The SMILES string of the molecule is C=C(C)c1cccc2c1CB1C=C(CC3(C)CCC(N)CC3)NC1C2.CC. The first kappa shape index (κ1) is 20.3. The fourth-order valence-electron chi connectivity index (χ4n) is 5.19. The van der Waals surface area contributed by atoms with Crippen LogP contribution in [0.15, 0.2) is 36.5 Å². The van der Waals surface area contributed by atoms with E-state index in [1.54, 1.807) is 0 Å². The summed E-state index contributed by atoms with van der Waals surface area (Å²) in [6.07, 6.45) is 8.39. The zero-order valence-electron chi connectivity index (χ0n) is 17.8. The van der Waals surface area contributed by atoms with Crippen LogP contribution in [0, 0.1) is 5.41 Å². The average Bonchev–Trinajstić information content (AvgIpc) is 3.04. The second kappa shape index (κ2) is 8.26. The summed E-state index contributed by atoms with van der Waals surface area (Å²) >= 11 is 0. The van der Waals surface area contributed by atoms with Gasteiger partial charge in [0, 0.05) is 12.0 Å². The van der Waals surface area contributed by atoms with Gasteiger partial charge < -0.3 is 11.1 Å². The molecule has 0 radical (unpaired) electrons. The zero-order chi connectivity index (χ0) is 19.6. The van der Waals surface area contributed by atoms with Crippen molar-refractivity contribution < 1.29 is 0 Å². The van der Waals surface area contributed by atoms with Crippen molar-refractivity contribution >= 4 is 12.3 Å². The molecule has 0 bridgehead atoms. The molecule has 1 saturated carbocycles. The van der Waals surface area contributed by atoms with Crippen LogP contribution in [-0.4, -0.2) is 18.7 Å². The van der Waals surface area contributed by atoms with E-state index >= 15 is 0 Å². The Morgan fingerprint density at radius 3 is 2.67 bits per heavy atom. The van der Waals surface area contributed by atoms with E-state index in [-0.39, 0.29) is 0 Å². The molecule has 1 aliphatic carbocycles. The summed E-state index contributed by atoms with van der Waals surface area (Å²) in [5, 5.41) is 3.87. The minimum atomic E-state index is 0.427. The molecule has 0 amide bonds. The van der Waals surface area contributed by atoms with Gasteiger partial charge in [-0.2, -0.15) is 0 Å². The summed E-state index contributed by atoms with van der Waals surface area (Å²) in [6, 6.07) is 7.16. The Balaban J connectivity index is 0.00000102. The molecule has 1 aromatic carbocycles. The van der Waals surface area contributed by atoms with Crippen molar-refractivity contribution in [2.24, 2.45) is 11.1 Å². The maximum atomic E-state index is 6.11. The summed E-state index contributed by atoms with van der Waals surface area (Å²) in [4.78, 5) is 0. The molecule has 2 nitrogen and oxygen atoms in total. The lowest BCUT2D eigenvalue weighted by atomic mass is 9.39. The van der Waals surface area contributed by atoms with E-state index in [4.69, 9.17) is 5.73 Å². The van der Waals surface area contributed by atoms with Crippen LogP contribution >= 0.6 is 0 Å². The molecule has 2 heterocycles. The number of nitrogens with one attached hydrogen (secondary N) is 1. The average molecular weight is 364 g/mol. The molecular weight excluding hydrogens is 327 g/mol. The summed E-state index contributed by atoms with van der Waals surface area (Å²) in [5.74, 6) is 3.13. The molecule has 146 valence electrons. The van der Waals surface area contributed by atoms with Crippen LogP contribution in [0.1, 0.15) is 76.5 Å². The van der Waals surface area contributed by atoms with Crippen LogP contribution < -0.4 is 11.1 Å².